The average molecular weight is 255 g/mol. The van der Waals surface area contributed by atoms with Crippen LogP contribution in [-0.2, 0) is 4.74 Å². The Morgan fingerprint density at radius 3 is 2.67 bits per heavy atom. The smallest absolute Gasteiger partial charge is 0.0661 e. The van der Waals surface area contributed by atoms with Crippen molar-refractivity contribution in [3.8, 4) is 0 Å². The van der Waals surface area contributed by atoms with Gasteiger partial charge in [-0.3, -0.25) is 0 Å². The zero-order valence-corrected chi connectivity index (χ0v) is 12.0. The number of hydrogen-bond donors (Lipinski definition) is 2. The van der Waals surface area contributed by atoms with Crippen molar-refractivity contribution in [1.29, 1.82) is 0 Å². The van der Waals surface area contributed by atoms with E-state index < -0.39 is 0 Å². The summed E-state index contributed by atoms with van der Waals surface area (Å²) in [6, 6.07) is 0.626. The second-order valence-electron chi connectivity index (χ2n) is 5.98. The van der Waals surface area contributed by atoms with Crippen LogP contribution >= 0.6 is 0 Å². The first kappa shape index (κ1) is 14.3. The Balaban J connectivity index is 1.79. The van der Waals surface area contributed by atoms with Gasteiger partial charge in [-0.1, -0.05) is 19.8 Å². The molecule has 2 fully saturated rings. The van der Waals surface area contributed by atoms with Crippen molar-refractivity contribution in [2.75, 3.05) is 13.2 Å². The molecular formula is C15H29NO2. The molecule has 0 aromatic carbocycles. The number of aliphatic hydroxyl groups is 1. The van der Waals surface area contributed by atoms with E-state index in [2.05, 4.69) is 12.2 Å². The van der Waals surface area contributed by atoms with E-state index in [1.807, 2.05) is 6.92 Å². The molecule has 0 amide bonds. The van der Waals surface area contributed by atoms with E-state index in [1.165, 1.54) is 25.7 Å². The predicted octanol–water partition coefficient (Wildman–Crippen LogP) is 2.47. The van der Waals surface area contributed by atoms with E-state index in [4.69, 9.17) is 4.74 Å². The Labute approximate surface area is 111 Å². The van der Waals surface area contributed by atoms with Gasteiger partial charge in [-0.05, 0) is 45.6 Å². The van der Waals surface area contributed by atoms with Crippen molar-refractivity contribution >= 4 is 0 Å². The van der Waals surface area contributed by atoms with Crippen molar-refractivity contribution in [3.63, 3.8) is 0 Å². The lowest BCUT2D eigenvalue weighted by Gasteiger charge is -2.54. The average Bonchev–Trinajstić information content (AvgIpc) is 2.88. The molecule has 3 atom stereocenters. The van der Waals surface area contributed by atoms with Gasteiger partial charge < -0.3 is 15.2 Å². The van der Waals surface area contributed by atoms with Crippen LogP contribution in [0.1, 0.15) is 58.8 Å². The summed E-state index contributed by atoms with van der Waals surface area (Å²) >= 11 is 0. The number of ether oxygens (including phenoxy) is 1. The lowest BCUT2D eigenvalue weighted by Crippen LogP contribution is -2.62. The number of nitrogens with one attached hydrogen (secondary N) is 1. The number of hydrogen-bond acceptors (Lipinski definition) is 3. The quantitative estimate of drug-likeness (QED) is 0.734. The minimum absolute atomic E-state index is 0.139. The summed E-state index contributed by atoms with van der Waals surface area (Å²) in [5.74, 6) is 0. The molecule has 2 aliphatic rings. The standard InChI is InChI=1S/C15H29NO2/c1-3-12(17)7-10-16-13-11-14(18-4-2)15(13)8-5-6-9-15/h12-14,16-17H,3-11H2,1-2H3. The Kier molecular flexibility index (Phi) is 5.05. The molecule has 2 N–H and O–H groups in total. The minimum atomic E-state index is -0.139. The molecule has 3 unspecified atom stereocenters. The predicted molar refractivity (Wildman–Crippen MR) is 73.6 cm³/mol. The van der Waals surface area contributed by atoms with Gasteiger partial charge in [0.1, 0.15) is 0 Å². The second kappa shape index (κ2) is 6.36. The largest absolute Gasteiger partial charge is 0.393 e. The van der Waals surface area contributed by atoms with E-state index in [-0.39, 0.29) is 6.10 Å². The molecular weight excluding hydrogens is 226 g/mol. The van der Waals surface area contributed by atoms with Gasteiger partial charge in [0, 0.05) is 18.1 Å². The van der Waals surface area contributed by atoms with Crippen LogP contribution in [0.15, 0.2) is 0 Å². The highest BCUT2D eigenvalue weighted by Gasteiger charge is 2.56. The maximum absolute atomic E-state index is 9.59. The van der Waals surface area contributed by atoms with Gasteiger partial charge in [-0.2, -0.15) is 0 Å². The third-order valence-electron chi connectivity index (χ3n) is 5.03. The van der Waals surface area contributed by atoms with Crippen LogP contribution in [0.25, 0.3) is 0 Å². The van der Waals surface area contributed by atoms with Gasteiger partial charge >= 0.3 is 0 Å². The van der Waals surface area contributed by atoms with Crippen LogP contribution in [0, 0.1) is 5.41 Å². The fourth-order valence-corrected chi connectivity index (χ4v) is 3.80. The highest BCUT2D eigenvalue weighted by Crippen LogP contribution is 2.54. The lowest BCUT2D eigenvalue weighted by atomic mass is 9.60. The molecule has 1 spiro atoms. The van der Waals surface area contributed by atoms with Crippen LogP contribution in [0.5, 0.6) is 0 Å². The zero-order valence-electron chi connectivity index (χ0n) is 12.0. The number of aliphatic hydroxyl groups excluding tert-OH is 1. The highest BCUT2D eigenvalue weighted by molar-refractivity contribution is 5.09. The highest BCUT2D eigenvalue weighted by atomic mass is 16.5. The Morgan fingerprint density at radius 2 is 2.06 bits per heavy atom. The van der Waals surface area contributed by atoms with Gasteiger partial charge in [0.05, 0.1) is 12.2 Å². The monoisotopic (exact) mass is 255 g/mol. The fraction of sp³-hybridized carbons (Fsp3) is 1.00. The SMILES string of the molecule is CCOC1CC(NCCC(O)CC)C12CCCC2. The summed E-state index contributed by atoms with van der Waals surface area (Å²) in [5.41, 5.74) is 0.424. The number of rotatable bonds is 7. The van der Waals surface area contributed by atoms with E-state index in [1.54, 1.807) is 0 Å². The van der Waals surface area contributed by atoms with Gasteiger partial charge in [-0.25, -0.2) is 0 Å². The third kappa shape index (κ3) is 2.73. The zero-order chi connectivity index (χ0) is 13.0. The molecule has 2 saturated carbocycles. The van der Waals surface area contributed by atoms with Crippen molar-refractivity contribution in [1.82, 2.24) is 5.32 Å². The molecule has 0 radical (unpaired) electrons. The summed E-state index contributed by atoms with van der Waals surface area (Å²) in [4.78, 5) is 0. The lowest BCUT2D eigenvalue weighted by molar-refractivity contribution is -0.130. The van der Waals surface area contributed by atoms with Crippen molar-refractivity contribution in [2.45, 2.75) is 77.0 Å². The van der Waals surface area contributed by atoms with Gasteiger partial charge in [0.2, 0.25) is 0 Å². The summed E-state index contributed by atoms with van der Waals surface area (Å²) in [6.07, 6.45) is 8.62. The molecule has 0 aromatic rings. The molecule has 2 rings (SSSR count). The minimum Gasteiger partial charge on any atom is -0.393 e. The van der Waals surface area contributed by atoms with Gasteiger partial charge in [0.15, 0.2) is 0 Å². The van der Waals surface area contributed by atoms with Crippen LogP contribution in [0.3, 0.4) is 0 Å². The van der Waals surface area contributed by atoms with Crippen LogP contribution in [0.2, 0.25) is 0 Å². The van der Waals surface area contributed by atoms with E-state index in [9.17, 15) is 5.11 Å². The van der Waals surface area contributed by atoms with Crippen LogP contribution < -0.4 is 5.32 Å². The fourth-order valence-electron chi connectivity index (χ4n) is 3.80. The third-order valence-corrected chi connectivity index (χ3v) is 5.03. The Morgan fingerprint density at radius 1 is 1.33 bits per heavy atom. The molecule has 0 aromatic heterocycles. The summed E-state index contributed by atoms with van der Waals surface area (Å²) < 4.78 is 5.91. The first-order chi connectivity index (χ1) is 8.73. The summed E-state index contributed by atoms with van der Waals surface area (Å²) in [7, 11) is 0. The first-order valence-electron chi connectivity index (χ1n) is 7.76. The maximum atomic E-state index is 9.59. The van der Waals surface area contributed by atoms with E-state index in [0.717, 1.165) is 32.4 Å². The molecule has 18 heavy (non-hydrogen) atoms. The summed E-state index contributed by atoms with van der Waals surface area (Å²) in [6.45, 7) is 5.92. The van der Waals surface area contributed by atoms with Gasteiger partial charge in [0.25, 0.3) is 0 Å². The molecule has 106 valence electrons. The molecule has 0 saturated heterocycles. The molecule has 0 aliphatic heterocycles. The van der Waals surface area contributed by atoms with Crippen molar-refractivity contribution in [3.05, 3.63) is 0 Å². The molecule has 2 aliphatic carbocycles. The maximum Gasteiger partial charge on any atom is 0.0661 e. The second-order valence-corrected chi connectivity index (χ2v) is 5.98. The van der Waals surface area contributed by atoms with Gasteiger partial charge in [-0.15, -0.1) is 0 Å². The van der Waals surface area contributed by atoms with Crippen LogP contribution in [-0.4, -0.2) is 36.5 Å². The van der Waals surface area contributed by atoms with Crippen LogP contribution in [0.4, 0.5) is 0 Å². The topological polar surface area (TPSA) is 41.5 Å². The van der Waals surface area contributed by atoms with E-state index >= 15 is 0 Å². The molecule has 3 heteroatoms. The summed E-state index contributed by atoms with van der Waals surface area (Å²) in [5, 5.41) is 13.3. The van der Waals surface area contributed by atoms with Crippen molar-refractivity contribution in [2.24, 2.45) is 5.41 Å². The normalized spacial score (nSPS) is 31.5. The molecule has 3 nitrogen and oxygen atoms in total. The molecule has 0 bridgehead atoms. The molecule has 0 heterocycles. The Bertz CT molecular complexity index is 251. The van der Waals surface area contributed by atoms with Crippen molar-refractivity contribution < 1.29 is 9.84 Å². The first-order valence-corrected chi connectivity index (χ1v) is 7.76. The Hall–Kier alpha value is -0.120. The van der Waals surface area contributed by atoms with E-state index in [0.29, 0.717) is 17.6 Å².